The fourth-order valence-electron chi connectivity index (χ4n) is 3.14. The van der Waals surface area contributed by atoms with E-state index < -0.39 is 29.3 Å². The van der Waals surface area contributed by atoms with E-state index in [0.717, 1.165) is 20.3 Å². The molecule has 19 heavy (non-hydrogen) atoms. The molecule has 4 atom stereocenters. The molecule has 1 rings (SSSR count). The van der Waals surface area contributed by atoms with E-state index in [9.17, 15) is 22.7 Å². The zero-order valence-electron chi connectivity index (χ0n) is 12.0. The molecule has 0 saturated heterocycles. The fourth-order valence-corrected chi connectivity index (χ4v) is 3.14. The minimum atomic E-state index is -4.57. The van der Waals surface area contributed by atoms with Crippen molar-refractivity contribution in [2.24, 2.45) is 17.3 Å². The zero-order valence-corrected chi connectivity index (χ0v) is 12.0. The van der Waals surface area contributed by atoms with Crippen LogP contribution >= 0.6 is 0 Å². The Hall–Kier alpha value is -0.320. The first-order valence-corrected chi connectivity index (χ1v) is 6.84. The van der Waals surface area contributed by atoms with Crippen molar-refractivity contribution in [3.8, 4) is 0 Å². The van der Waals surface area contributed by atoms with Gasteiger partial charge in [-0.05, 0) is 51.9 Å². The van der Waals surface area contributed by atoms with Gasteiger partial charge in [0.25, 0.3) is 0 Å². The molecule has 1 aliphatic carbocycles. The van der Waals surface area contributed by atoms with Gasteiger partial charge in [0.15, 0.2) is 0 Å². The lowest BCUT2D eigenvalue weighted by molar-refractivity contribution is -0.241. The maximum Gasteiger partial charge on any atom is 0.396 e. The van der Waals surface area contributed by atoms with Crippen molar-refractivity contribution in [2.45, 2.75) is 71.3 Å². The summed E-state index contributed by atoms with van der Waals surface area (Å²) in [5.41, 5.74) is -3.43. The van der Waals surface area contributed by atoms with Crippen LogP contribution in [0, 0.1) is 17.3 Å². The number of hydrogen-bond donors (Lipinski definition) is 1. The Balaban J connectivity index is 2.90. The highest BCUT2D eigenvalue weighted by Crippen LogP contribution is 2.49. The molecule has 5 heteroatoms. The first-order valence-electron chi connectivity index (χ1n) is 6.84. The van der Waals surface area contributed by atoms with E-state index in [1.54, 1.807) is 6.92 Å². The average molecular weight is 284 g/mol. The van der Waals surface area contributed by atoms with Crippen molar-refractivity contribution in [3.63, 3.8) is 0 Å². The van der Waals surface area contributed by atoms with Crippen molar-refractivity contribution >= 4 is 0 Å². The second-order valence-electron chi connectivity index (χ2n) is 6.80. The zero-order chi connectivity index (χ0) is 15.1. The first-order chi connectivity index (χ1) is 8.40. The van der Waals surface area contributed by atoms with Crippen LogP contribution in [0.15, 0.2) is 0 Å². The van der Waals surface area contributed by atoms with Crippen LogP contribution in [0.4, 0.5) is 17.6 Å². The van der Waals surface area contributed by atoms with Crippen molar-refractivity contribution in [1.29, 1.82) is 0 Å². The lowest BCUT2D eigenvalue weighted by atomic mass is 9.66. The molecule has 0 radical (unpaired) electrons. The average Bonchev–Trinajstić information content (AvgIpc) is 2.24. The molecule has 1 nitrogen and oxygen atoms in total. The maximum atomic E-state index is 14.4. The number of aliphatic hydroxyl groups is 1. The molecular weight excluding hydrogens is 260 g/mol. The Bertz CT molecular complexity index is 309. The van der Waals surface area contributed by atoms with E-state index in [2.05, 4.69) is 0 Å². The van der Waals surface area contributed by atoms with Gasteiger partial charge in [-0.25, -0.2) is 4.39 Å². The first kappa shape index (κ1) is 16.7. The van der Waals surface area contributed by atoms with Crippen molar-refractivity contribution in [1.82, 2.24) is 0 Å². The monoisotopic (exact) mass is 284 g/mol. The highest BCUT2D eigenvalue weighted by Gasteiger charge is 2.56. The molecule has 0 bridgehead atoms. The number of hydrogen-bond acceptors (Lipinski definition) is 1. The largest absolute Gasteiger partial charge is 0.396 e. The lowest BCUT2D eigenvalue weighted by Gasteiger charge is -2.44. The molecule has 1 N–H and O–H groups in total. The van der Waals surface area contributed by atoms with E-state index >= 15 is 0 Å². The summed E-state index contributed by atoms with van der Waals surface area (Å²) in [5, 5.41) is 10.1. The van der Waals surface area contributed by atoms with E-state index in [1.165, 1.54) is 0 Å². The van der Waals surface area contributed by atoms with Gasteiger partial charge in [-0.1, -0.05) is 13.3 Å². The second-order valence-corrected chi connectivity index (χ2v) is 6.80. The molecule has 0 aliphatic heterocycles. The third-order valence-corrected chi connectivity index (χ3v) is 4.48. The van der Waals surface area contributed by atoms with Gasteiger partial charge in [0.2, 0.25) is 0 Å². The van der Waals surface area contributed by atoms with Gasteiger partial charge in [0, 0.05) is 0 Å². The Morgan fingerprint density at radius 2 is 1.79 bits per heavy atom. The second kappa shape index (κ2) is 5.23. The van der Waals surface area contributed by atoms with Gasteiger partial charge in [-0.2, -0.15) is 13.2 Å². The third-order valence-electron chi connectivity index (χ3n) is 4.48. The summed E-state index contributed by atoms with van der Waals surface area (Å²) in [7, 11) is 0. The third kappa shape index (κ3) is 3.61. The summed E-state index contributed by atoms with van der Waals surface area (Å²) in [6, 6.07) is 0. The molecular formula is C14H24F4O. The Morgan fingerprint density at radius 3 is 2.21 bits per heavy atom. The molecule has 0 spiro atoms. The normalized spacial score (nSPS) is 35.2. The maximum absolute atomic E-state index is 14.4. The molecule has 0 aromatic carbocycles. The summed E-state index contributed by atoms with van der Waals surface area (Å²) >= 11 is 0. The van der Waals surface area contributed by atoms with Gasteiger partial charge in [0.1, 0.15) is 6.17 Å². The molecule has 0 aromatic rings. The van der Waals surface area contributed by atoms with Crippen LogP contribution in [-0.4, -0.2) is 23.1 Å². The fraction of sp³-hybridized carbons (Fsp3) is 1.00. The van der Waals surface area contributed by atoms with Gasteiger partial charge in [-0.3, -0.25) is 0 Å². The summed E-state index contributed by atoms with van der Waals surface area (Å²) in [5.74, 6) is -0.638. The quantitative estimate of drug-likeness (QED) is 0.757. The predicted molar refractivity (Wildman–Crippen MR) is 66.5 cm³/mol. The van der Waals surface area contributed by atoms with Crippen molar-refractivity contribution < 1.29 is 22.7 Å². The van der Waals surface area contributed by atoms with Gasteiger partial charge < -0.3 is 5.11 Å². The van der Waals surface area contributed by atoms with E-state index in [1.807, 2.05) is 6.92 Å². The molecule has 0 amide bonds. The molecule has 4 unspecified atom stereocenters. The molecule has 1 saturated carbocycles. The van der Waals surface area contributed by atoms with E-state index in [0.29, 0.717) is 12.8 Å². The van der Waals surface area contributed by atoms with Crippen LogP contribution in [0.5, 0.6) is 0 Å². The van der Waals surface area contributed by atoms with Crippen LogP contribution in [0.2, 0.25) is 0 Å². The molecule has 1 aliphatic rings. The van der Waals surface area contributed by atoms with Crippen LogP contribution in [-0.2, 0) is 0 Å². The SMILES string of the molecule is CCC1CC(C(F)C(C)(C)C(F)(F)F)CC(C)(O)C1. The number of halogens is 4. The van der Waals surface area contributed by atoms with Gasteiger partial charge in [0.05, 0.1) is 11.0 Å². The standard InChI is InChI=1S/C14H24F4O/c1-5-9-6-10(8-13(4,19)7-9)11(15)12(2,3)14(16,17)18/h9-11,19H,5-8H2,1-4H3. The smallest absolute Gasteiger partial charge is 0.390 e. The lowest BCUT2D eigenvalue weighted by Crippen LogP contribution is -2.48. The highest BCUT2D eigenvalue weighted by atomic mass is 19.4. The molecule has 114 valence electrons. The van der Waals surface area contributed by atoms with Gasteiger partial charge >= 0.3 is 6.18 Å². The summed E-state index contributed by atoms with van der Waals surface area (Å²) < 4.78 is 53.1. The van der Waals surface area contributed by atoms with Crippen LogP contribution in [0.25, 0.3) is 0 Å². The topological polar surface area (TPSA) is 20.2 Å². The Labute approximate surface area is 112 Å². The summed E-state index contributed by atoms with van der Waals surface area (Å²) in [4.78, 5) is 0. The predicted octanol–water partition coefficient (Wildman–Crippen LogP) is 4.49. The molecule has 0 heterocycles. The number of rotatable bonds is 3. The number of alkyl halides is 4. The Kier molecular flexibility index (Phi) is 4.60. The van der Waals surface area contributed by atoms with Crippen molar-refractivity contribution in [3.05, 3.63) is 0 Å². The van der Waals surface area contributed by atoms with Crippen LogP contribution in [0.3, 0.4) is 0 Å². The summed E-state index contributed by atoms with van der Waals surface area (Å²) in [6.07, 6.45) is -4.73. The Morgan fingerprint density at radius 1 is 1.26 bits per heavy atom. The van der Waals surface area contributed by atoms with E-state index in [4.69, 9.17) is 0 Å². The van der Waals surface area contributed by atoms with Crippen LogP contribution in [0.1, 0.15) is 53.4 Å². The highest BCUT2D eigenvalue weighted by molar-refractivity contribution is 4.96. The molecule has 1 fully saturated rings. The molecule has 0 aromatic heterocycles. The minimum Gasteiger partial charge on any atom is -0.390 e. The van der Waals surface area contributed by atoms with Crippen LogP contribution < -0.4 is 0 Å². The minimum absolute atomic E-state index is 0.0935. The summed E-state index contributed by atoms with van der Waals surface area (Å²) in [6.45, 7) is 5.32. The van der Waals surface area contributed by atoms with Crippen molar-refractivity contribution in [2.75, 3.05) is 0 Å². The van der Waals surface area contributed by atoms with E-state index in [-0.39, 0.29) is 12.3 Å². The van der Waals surface area contributed by atoms with Gasteiger partial charge in [-0.15, -0.1) is 0 Å².